The van der Waals surface area contributed by atoms with Gasteiger partial charge in [-0.1, -0.05) is 13.0 Å². The van der Waals surface area contributed by atoms with Crippen LogP contribution in [0.1, 0.15) is 56.1 Å². The number of hydrogen-bond acceptors (Lipinski definition) is 3. The number of benzene rings is 1. The Labute approximate surface area is 210 Å². The second-order valence-corrected chi connectivity index (χ2v) is 9.94. The Morgan fingerprint density at radius 1 is 0.970 bits per heavy atom. The fourth-order valence-corrected chi connectivity index (χ4v) is 6.59. The van der Waals surface area contributed by atoms with Crippen LogP contribution in [0.5, 0.6) is 5.75 Å². The van der Waals surface area contributed by atoms with Crippen LogP contribution in [0.4, 0.5) is 0 Å². The van der Waals surface area contributed by atoms with E-state index in [1.54, 1.807) is 12.8 Å². The first-order valence-electron chi connectivity index (χ1n) is 12.0. The van der Waals surface area contributed by atoms with Gasteiger partial charge in [0, 0.05) is 0 Å². The van der Waals surface area contributed by atoms with Gasteiger partial charge in [0.2, 0.25) is 0 Å². The molecule has 4 heteroatoms. The van der Waals surface area contributed by atoms with E-state index in [0.717, 1.165) is 25.7 Å². The molecule has 0 spiro atoms. The minimum Gasteiger partial charge on any atom is -0.426 e. The predicted octanol–water partition coefficient (Wildman–Crippen LogP) is 5.23. The number of hydrogen-bond donors (Lipinski definition) is 1. The van der Waals surface area contributed by atoms with Gasteiger partial charge < -0.3 is 9.84 Å². The van der Waals surface area contributed by atoms with E-state index in [2.05, 4.69) is 19.1 Å². The van der Waals surface area contributed by atoms with E-state index in [1.165, 1.54) is 24.0 Å². The fourth-order valence-electron chi connectivity index (χ4n) is 6.59. The summed E-state index contributed by atoms with van der Waals surface area (Å²) in [5.74, 6) is 2.88. The number of aliphatic hydroxyl groups is 1. The topological polar surface area (TPSA) is 46.5 Å². The van der Waals surface area contributed by atoms with Crippen molar-refractivity contribution in [3.63, 3.8) is 0 Å². The van der Waals surface area contributed by atoms with Crippen LogP contribution >= 0.6 is 0 Å². The molecule has 0 aromatic heterocycles. The van der Waals surface area contributed by atoms with Crippen LogP contribution in [0.15, 0.2) is 18.2 Å². The van der Waals surface area contributed by atoms with Crippen molar-refractivity contribution in [2.75, 3.05) is 0 Å². The summed E-state index contributed by atoms with van der Waals surface area (Å²) in [6, 6.07) is 6.22. The van der Waals surface area contributed by atoms with Gasteiger partial charge in [-0.3, -0.25) is 4.79 Å². The molecule has 10 radical (unpaired) electrons. The Hall–Kier alpha value is -0.831. The number of carbonyl (C=O) groups is 1. The molecule has 1 aromatic carbocycles. The van der Waals surface area contributed by atoms with Crippen molar-refractivity contribution >= 4 is 5.97 Å². The van der Waals surface area contributed by atoms with E-state index in [-0.39, 0.29) is 34.6 Å². The maximum Gasteiger partial charge on any atom is 2.00 e. The third-order valence-electron chi connectivity index (χ3n) is 8.31. The predicted molar refractivity (Wildman–Crippen MR) is 125 cm³/mol. The van der Waals surface area contributed by atoms with Gasteiger partial charge in [-0.05, 0) is 143 Å². The molecule has 4 saturated carbocycles. The average Bonchev–Trinajstić information content (AvgIpc) is 3.58. The zero-order valence-electron chi connectivity index (χ0n) is 19.1. The molecule has 5 aliphatic rings. The molecule has 0 bridgehead atoms. The normalized spacial score (nSPS) is 34.8. The van der Waals surface area contributed by atoms with Gasteiger partial charge in [-0.25, -0.2) is 0 Å². The van der Waals surface area contributed by atoms with Crippen LogP contribution in [-0.2, 0) is 28.3 Å². The van der Waals surface area contributed by atoms with Crippen molar-refractivity contribution in [1.82, 2.24) is 0 Å². The first-order valence-corrected chi connectivity index (χ1v) is 12.0. The smallest absolute Gasteiger partial charge is 0.426 e. The molecule has 1 N–H and O–H groups in total. The van der Waals surface area contributed by atoms with Crippen LogP contribution in [0, 0.1) is 81.0 Å². The molecular weight excluding hydrogens is 452 g/mol. The van der Waals surface area contributed by atoms with Crippen molar-refractivity contribution in [2.24, 2.45) is 17.3 Å². The molecule has 1 aromatic rings. The van der Waals surface area contributed by atoms with E-state index in [1.807, 2.05) is 51.0 Å². The Morgan fingerprint density at radius 3 is 2.36 bits per heavy atom. The second-order valence-electron chi connectivity index (χ2n) is 9.94. The van der Waals surface area contributed by atoms with Crippen LogP contribution in [0.2, 0.25) is 0 Å². The molecule has 3 nitrogen and oxygen atoms in total. The summed E-state index contributed by atoms with van der Waals surface area (Å²) in [5.41, 5.74) is 2.90. The molecule has 0 amide bonds. The Morgan fingerprint density at radius 2 is 1.67 bits per heavy atom. The van der Waals surface area contributed by atoms with Gasteiger partial charge in [0.05, 0.1) is 12.0 Å². The monoisotopic (exact) mass is 484 g/mol. The summed E-state index contributed by atoms with van der Waals surface area (Å²) in [6.45, 7) is 2.31. The Kier molecular flexibility index (Phi) is 8.30. The van der Waals surface area contributed by atoms with E-state index in [9.17, 15) is 9.90 Å². The first-order chi connectivity index (χ1) is 15.6. The van der Waals surface area contributed by atoms with Crippen LogP contribution in [0.25, 0.3) is 0 Å². The minimum atomic E-state index is -0.290. The van der Waals surface area contributed by atoms with Gasteiger partial charge in [0.15, 0.2) is 0 Å². The average molecular weight is 484 g/mol. The molecule has 172 valence electrons. The van der Waals surface area contributed by atoms with Crippen LogP contribution in [0.3, 0.4) is 0 Å². The van der Waals surface area contributed by atoms with Crippen molar-refractivity contribution in [3.05, 3.63) is 93.0 Å². The number of aliphatic hydroxyl groups excluding tert-OH is 1. The van der Waals surface area contributed by atoms with Gasteiger partial charge in [0.25, 0.3) is 0 Å². The van der Waals surface area contributed by atoms with E-state index in [4.69, 9.17) is 4.74 Å². The quantitative estimate of drug-likeness (QED) is 0.355. The number of esters is 1. The fraction of sp³-hybridized carbons (Fsp3) is 0.414. The Bertz CT molecular complexity index is 805. The first kappa shape index (κ1) is 25.3. The van der Waals surface area contributed by atoms with Crippen LogP contribution in [-0.4, -0.2) is 17.2 Å². The summed E-state index contributed by atoms with van der Waals surface area (Å²) >= 11 is 0. The number of ether oxygens (including phenoxy) is 1. The molecular formula is C29H32FeO3+2. The van der Waals surface area contributed by atoms with Crippen molar-refractivity contribution in [1.29, 1.82) is 0 Å². The molecule has 0 saturated heterocycles. The number of aryl methyl sites for hydroxylation is 1. The SMILES string of the molecule is C[C@]12CC[C@@H]3c4ccc(OC(=O)[C]5[CH][CH][CH][CH]5)cc4CC[C@H]3[C@@H]1CC[C@@H]2O.[CH]1[CH][CH][CH][CH]1.[Fe+2]. The van der Waals surface area contributed by atoms with E-state index < -0.39 is 0 Å². The van der Waals surface area contributed by atoms with E-state index >= 15 is 0 Å². The third kappa shape index (κ3) is 5.09. The summed E-state index contributed by atoms with van der Waals surface area (Å²) in [4.78, 5) is 12.2. The molecule has 0 unspecified atom stereocenters. The number of rotatable bonds is 2. The maximum absolute atomic E-state index is 12.2. The minimum absolute atomic E-state index is 0. The van der Waals surface area contributed by atoms with Gasteiger partial charge >= 0.3 is 23.0 Å². The zero-order chi connectivity index (χ0) is 22.1. The molecule has 5 aliphatic carbocycles. The number of fused-ring (bicyclic) bond motifs is 5. The van der Waals surface area contributed by atoms with Crippen molar-refractivity contribution in [2.45, 2.75) is 57.5 Å². The zero-order valence-corrected chi connectivity index (χ0v) is 20.2. The van der Waals surface area contributed by atoms with E-state index in [0.29, 0.717) is 29.4 Å². The third-order valence-corrected chi connectivity index (χ3v) is 8.31. The van der Waals surface area contributed by atoms with Gasteiger partial charge in [-0.2, -0.15) is 0 Å². The second kappa shape index (κ2) is 10.8. The Balaban J connectivity index is 0.000000385. The molecule has 0 aliphatic heterocycles. The largest absolute Gasteiger partial charge is 2.00 e. The van der Waals surface area contributed by atoms with Gasteiger partial charge in [0.1, 0.15) is 5.75 Å². The molecule has 33 heavy (non-hydrogen) atoms. The summed E-state index contributed by atoms with van der Waals surface area (Å²) in [7, 11) is 0. The van der Waals surface area contributed by atoms with Crippen molar-refractivity contribution in [3.8, 4) is 5.75 Å². The maximum atomic E-state index is 12.2. The van der Waals surface area contributed by atoms with Crippen LogP contribution < -0.4 is 4.74 Å². The molecule has 6 rings (SSSR count). The molecule has 5 atom stereocenters. The van der Waals surface area contributed by atoms with Crippen molar-refractivity contribution < 1.29 is 31.7 Å². The summed E-state index contributed by atoms with van der Waals surface area (Å²) in [6.07, 6.45) is 23.8. The summed E-state index contributed by atoms with van der Waals surface area (Å²) in [5, 5.41) is 10.5. The standard InChI is InChI=1S/C24H27O3.C5H5.Fe/c1-24-13-12-19-18-9-7-17(27-23(26)15-4-2-3-5-15)14-16(18)6-8-20(19)21(24)10-11-22(24)25;1-2-4-5-3-1;/h2-5,7,9,14,19-22,25H,6,8,10-13H2,1H3;1-5H;/q;;+2/t19-,20-,21+,22+,24+;;/m1../s1. The summed E-state index contributed by atoms with van der Waals surface area (Å²) < 4.78 is 5.59. The molecule has 4 fully saturated rings. The molecule has 0 heterocycles. The van der Waals surface area contributed by atoms with Gasteiger partial charge in [-0.15, -0.1) is 0 Å². The number of carbonyl (C=O) groups excluding carboxylic acids is 1.